The number of hydrogen-bond donors (Lipinski definition) is 2. The lowest BCUT2D eigenvalue weighted by Gasteiger charge is -2.12. The molecule has 110 valence electrons. The summed E-state index contributed by atoms with van der Waals surface area (Å²) < 4.78 is 10.8. The van der Waals surface area contributed by atoms with Gasteiger partial charge in [0.05, 0.1) is 11.6 Å². The number of carbonyl (C=O) groups excluding carboxylic acids is 1. The minimum absolute atomic E-state index is 0.0654. The summed E-state index contributed by atoms with van der Waals surface area (Å²) in [6, 6.07) is 3.20. The molecule has 1 aromatic carbocycles. The van der Waals surface area contributed by atoms with Gasteiger partial charge in [-0.15, -0.1) is 0 Å². The van der Waals surface area contributed by atoms with Gasteiger partial charge in [-0.1, -0.05) is 18.5 Å². The number of rotatable bonds is 7. The van der Waals surface area contributed by atoms with Crippen LogP contribution in [0.4, 0.5) is 5.69 Å². The Hall–Kier alpha value is -1.30. The molecule has 0 spiro atoms. The normalized spacial score (nSPS) is 16.9. The van der Waals surface area contributed by atoms with E-state index in [-0.39, 0.29) is 11.9 Å². The Morgan fingerprint density at radius 3 is 2.85 bits per heavy atom. The molecule has 0 aromatic heterocycles. The van der Waals surface area contributed by atoms with Crippen LogP contribution in [0, 0.1) is 0 Å². The Labute approximate surface area is 123 Å². The number of fused-ring (bicyclic) bond motifs is 1. The van der Waals surface area contributed by atoms with E-state index in [1.165, 1.54) is 0 Å². The molecule has 2 rings (SSSR count). The van der Waals surface area contributed by atoms with Crippen LogP contribution in [0.15, 0.2) is 12.1 Å². The molecule has 1 aromatic rings. The van der Waals surface area contributed by atoms with Gasteiger partial charge in [0, 0.05) is 23.9 Å². The average Bonchev–Trinajstić information content (AvgIpc) is 2.71. The smallest absolute Gasteiger partial charge is 0.246 e. The molecule has 1 heterocycles. The molecule has 1 amide bonds. The minimum Gasteiger partial charge on any atom is -0.490 e. The Kier molecular flexibility index (Phi) is 5.23. The first kappa shape index (κ1) is 15.1. The third kappa shape index (κ3) is 3.23. The first-order valence-electron chi connectivity index (χ1n) is 6.75. The number of nitrogens with one attached hydrogen (secondary N) is 2. The van der Waals surface area contributed by atoms with E-state index in [4.69, 9.17) is 21.1 Å². The van der Waals surface area contributed by atoms with Crippen molar-refractivity contribution in [2.24, 2.45) is 0 Å². The number of likely N-dealkylation sites (N-methyl/N-ethyl adjacent to an activating group) is 1. The standard InChI is InChI=1S/C14H19ClN2O3/c1-3-16-13-9-7-10(15)12(20-6-5-19-4-2)8-11(9)17-14(13)18/h7-8,13,16H,3-6H2,1-2H3,(H,17,18). The van der Waals surface area contributed by atoms with Crippen LogP contribution in [-0.2, 0) is 9.53 Å². The molecule has 1 atom stereocenters. The van der Waals surface area contributed by atoms with Crippen LogP contribution in [-0.4, -0.2) is 32.3 Å². The van der Waals surface area contributed by atoms with Crippen molar-refractivity contribution in [3.8, 4) is 5.75 Å². The van der Waals surface area contributed by atoms with Gasteiger partial charge in [0.1, 0.15) is 18.4 Å². The Balaban J connectivity index is 2.11. The fourth-order valence-corrected chi connectivity index (χ4v) is 2.36. The molecule has 2 N–H and O–H groups in total. The van der Waals surface area contributed by atoms with E-state index in [9.17, 15) is 4.79 Å². The van der Waals surface area contributed by atoms with Gasteiger partial charge < -0.3 is 20.1 Å². The monoisotopic (exact) mass is 298 g/mol. The summed E-state index contributed by atoms with van der Waals surface area (Å²) >= 11 is 6.20. The molecule has 6 heteroatoms. The van der Waals surface area contributed by atoms with E-state index >= 15 is 0 Å². The van der Waals surface area contributed by atoms with Gasteiger partial charge in [-0.25, -0.2) is 0 Å². The van der Waals surface area contributed by atoms with E-state index in [2.05, 4.69) is 10.6 Å². The van der Waals surface area contributed by atoms with E-state index in [0.29, 0.717) is 37.1 Å². The minimum atomic E-state index is -0.343. The zero-order valence-electron chi connectivity index (χ0n) is 11.7. The summed E-state index contributed by atoms with van der Waals surface area (Å²) in [6.45, 7) is 6.19. The summed E-state index contributed by atoms with van der Waals surface area (Å²) in [5.74, 6) is 0.493. The first-order valence-corrected chi connectivity index (χ1v) is 7.13. The van der Waals surface area contributed by atoms with Gasteiger partial charge in [-0.3, -0.25) is 4.79 Å². The third-order valence-corrected chi connectivity index (χ3v) is 3.33. The molecule has 0 bridgehead atoms. The van der Waals surface area contributed by atoms with Crippen molar-refractivity contribution < 1.29 is 14.3 Å². The van der Waals surface area contributed by atoms with E-state index in [1.54, 1.807) is 12.1 Å². The van der Waals surface area contributed by atoms with E-state index in [0.717, 1.165) is 11.3 Å². The lowest BCUT2D eigenvalue weighted by molar-refractivity contribution is -0.117. The third-order valence-electron chi connectivity index (χ3n) is 3.03. The topological polar surface area (TPSA) is 59.6 Å². The van der Waals surface area contributed by atoms with Crippen LogP contribution in [0.2, 0.25) is 5.02 Å². The number of hydrogen-bond acceptors (Lipinski definition) is 4. The first-order chi connectivity index (χ1) is 9.67. The van der Waals surface area contributed by atoms with Crippen molar-refractivity contribution in [2.45, 2.75) is 19.9 Å². The van der Waals surface area contributed by atoms with Crippen molar-refractivity contribution in [1.82, 2.24) is 5.32 Å². The lowest BCUT2D eigenvalue weighted by atomic mass is 10.1. The molecule has 0 radical (unpaired) electrons. The molecular formula is C14H19ClN2O3. The molecule has 1 aliphatic rings. The lowest BCUT2D eigenvalue weighted by Crippen LogP contribution is -2.27. The molecule has 0 fully saturated rings. The summed E-state index contributed by atoms with van der Waals surface area (Å²) in [5, 5.41) is 6.46. The van der Waals surface area contributed by atoms with Crippen LogP contribution < -0.4 is 15.4 Å². The highest BCUT2D eigenvalue weighted by Crippen LogP contribution is 2.38. The zero-order valence-corrected chi connectivity index (χ0v) is 12.4. The van der Waals surface area contributed by atoms with Crippen molar-refractivity contribution in [3.05, 3.63) is 22.7 Å². The van der Waals surface area contributed by atoms with Crippen LogP contribution >= 0.6 is 11.6 Å². The summed E-state index contributed by atoms with van der Waals surface area (Å²) in [7, 11) is 0. The van der Waals surface area contributed by atoms with Crippen LogP contribution in [0.1, 0.15) is 25.5 Å². The zero-order chi connectivity index (χ0) is 14.5. The molecule has 0 aliphatic carbocycles. The summed E-state index contributed by atoms with van der Waals surface area (Å²) in [5.41, 5.74) is 1.61. The van der Waals surface area contributed by atoms with Crippen molar-refractivity contribution in [2.75, 3.05) is 31.7 Å². The molecule has 5 nitrogen and oxygen atoms in total. The molecule has 1 aliphatic heterocycles. The SMILES string of the molecule is CCNC1C(=O)Nc2cc(OCCOCC)c(Cl)cc21. The fourth-order valence-electron chi connectivity index (χ4n) is 2.13. The molecule has 20 heavy (non-hydrogen) atoms. The number of carbonyl (C=O) groups is 1. The fraction of sp³-hybridized carbons (Fsp3) is 0.500. The largest absolute Gasteiger partial charge is 0.490 e. The number of amides is 1. The number of benzene rings is 1. The maximum atomic E-state index is 11.9. The van der Waals surface area contributed by atoms with Gasteiger partial charge in [-0.05, 0) is 19.5 Å². The van der Waals surface area contributed by atoms with Gasteiger partial charge >= 0.3 is 0 Å². The predicted molar refractivity (Wildman–Crippen MR) is 78.5 cm³/mol. The second-order valence-corrected chi connectivity index (χ2v) is 4.80. The van der Waals surface area contributed by atoms with Gasteiger partial charge in [0.25, 0.3) is 0 Å². The quantitative estimate of drug-likeness (QED) is 0.759. The van der Waals surface area contributed by atoms with Crippen LogP contribution in [0.25, 0.3) is 0 Å². The molecular weight excluding hydrogens is 280 g/mol. The Bertz CT molecular complexity index is 494. The van der Waals surface area contributed by atoms with E-state index < -0.39 is 0 Å². The molecule has 0 saturated carbocycles. The number of halogens is 1. The Morgan fingerprint density at radius 1 is 1.35 bits per heavy atom. The molecule has 1 unspecified atom stereocenters. The van der Waals surface area contributed by atoms with Gasteiger partial charge in [0.2, 0.25) is 5.91 Å². The van der Waals surface area contributed by atoms with Gasteiger partial charge in [0.15, 0.2) is 0 Å². The van der Waals surface area contributed by atoms with Crippen molar-refractivity contribution >= 4 is 23.2 Å². The second kappa shape index (κ2) is 6.92. The van der Waals surface area contributed by atoms with Crippen molar-refractivity contribution in [3.63, 3.8) is 0 Å². The average molecular weight is 299 g/mol. The van der Waals surface area contributed by atoms with Crippen LogP contribution in [0.3, 0.4) is 0 Å². The second-order valence-electron chi connectivity index (χ2n) is 4.40. The highest BCUT2D eigenvalue weighted by atomic mass is 35.5. The predicted octanol–water partition coefficient (Wildman–Crippen LogP) is 2.36. The van der Waals surface area contributed by atoms with Crippen molar-refractivity contribution in [1.29, 1.82) is 0 Å². The maximum absolute atomic E-state index is 11.9. The number of anilines is 1. The summed E-state index contributed by atoms with van der Waals surface area (Å²) in [6.07, 6.45) is 0. The highest BCUT2D eigenvalue weighted by Gasteiger charge is 2.30. The summed E-state index contributed by atoms with van der Waals surface area (Å²) in [4.78, 5) is 11.9. The highest BCUT2D eigenvalue weighted by molar-refractivity contribution is 6.32. The maximum Gasteiger partial charge on any atom is 0.246 e. The Morgan fingerprint density at radius 2 is 2.15 bits per heavy atom. The van der Waals surface area contributed by atoms with E-state index in [1.807, 2.05) is 13.8 Å². The number of ether oxygens (including phenoxy) is 2. The molecule has 0 saturated heterocycles. The van der Waals surface area contributed by atoms with Gasteiger partial charge in [-0.2, -0.15) is 0 Å². The van der Waals surface area contributed by atoms with Crippen LogP contribution in [0.5, 0.6) is 5.75 Å².